The Balaban J connectivity index is 1.50. The molecule has 2 aliphatic rings. The number of nitrogens with two attached hydrogens (primary N) is 1. The maximum atomic E-state index is 5.71. The zero-order valence-corrected chi connectivity index (χ0v) is 12.8. The maximum Gasteiger partial charge on any atom is 0.224 e. The Bertz CT molecular complexity index is 444. The van der Waals surface area contributed by atoms with Crippen molar-refractivity contribution in [3.63, 3.8) is 0 Å². The highest BCUT2D eigenvalue weighted by Gasteiger charge is 2.23. The van der Waals surface area contributed by atoms with Gasteiger partial charge in [0.05, 0.1) is 0 Å². The molecular weight excluding hydrogens is 262 g/mol. The number of anilines is 2. The molecule has 1 aliphatic heterocycles. The van der Waals surface area contributed by atoms with Crippen molar-refractivity contribution < 1.29 is 0 Å². The van der Waals surface area contributed by atoms with Crippen LogP contribution in [0.3, 0.4) is 0 Å². The fraction of sp³-hybridized carbons (Fsp3) is 0.750. The minimum atomic E-state index is 0.448. The van der Waals surface area contributed by atoms with E-state index in [0.717, 1.165) is 12.5 Å². The van der Waals surface area contributed by atoms with Crippen molar-refractivity contribution in [3.05, 3.63) is 12.3 Å². The van der Waals surface area contributed by atoms with Crippen LogP contribution < -0.4 is 11.1 Å². The molecule has 2 fully saturated rings. The molecular formula is C16H27N5. The first-order chi connectivity index (χ1) is 10.3. The normalized spacial score (nSPS) is 24.9. The quantitative estimate of drug-likeness (QED) is 0.891. The van der Waals surface area contributed by atoms with Crippen LogP contribution in [0.4, 0.5) is 11.8 Å². The van der Waals surface area contributed by atoms with E-state index in [1.54, 1.807) is 12.3 Å². The molecule has 1 aliphatic carbocycles. The van der Waals surface area contributed by atoms with Gasteiger partial charge in [0.15, 0.2) is 0 Å². The third-order valence-corrected chi connectivity index (χ3v) is 4.76. The molecule has 0 spiro atoms. The number of nitrogens with one attached hydrogen (secondary N) is 1. The van der Waals surface area contributed by atoms with Crippen LogP contribution in [0.2, 0.25) is 0 Å². The van der Waals surface area contributed by atoms with E-state index in [4.69, 9.17) is 5.73 Å². The van der Waals surface area contributed by atoms with Crippen LogP contribution in [-0.4, -0.2) is 40.5 Å². The van der Waals surface area contributed by atoms with E-state index in [9.17, 15) is 0 Å². The highest BCUT2D eigenvalue weighted by Crippen LogP contribution is 2.25. The molecule has 1 aromatic heterocycles. The lowest BCUT2D eigenvalue weighted by Crippen LogP contribution is -2.44. The molecule has 0 aromatic carbocycles. The number of nitrogens with zero attached hydrogens (tertiary/aromatic N) is 3. The van der Waals surface area contributed by atoms with Crippen molar-refractivity contribution in [1.82, 2.24) is 14.9 Å². The first-order valence-corrected chi connectivity index (χ1v) is 8.37. The van der Waals surface area contributed by atoms with E-state index in [-0.39, 0.29) is 0 Å². The second-order valence-electron chi connectivity index (χ2n) is 6.55. The Hall–Kier alpha value is -1.36. The van der Waals surface area contributed by atoms with E-state index in [1.807, 2.05) is 0 Å². The van der Waals surface area contributed by atoms with Gasteiger partial charge < -0.3 is 16.0 Å². The Morgan fingerprint density at radius 2 is 2.05 bits per heavy atom. The van der Waals surface area contributed by atoms with Gasteiger partial charge in [-0.05, 0) is 44.2 Å². The molecule has 21 heavy (non-hydrogen) atoms. The Morgan fingerprint density at radius 3 is 2.86 bits per heavy atom. The van der Waals surface area contributed by atoms with Crippen LogP contribution in [0.5, 0.6) is 0 Å². The van der Waals surface area contributed by atoms with Crippen molar-refractivity contribution in [3.8, 4) is 0 Å². The van der Waals surface area contributed by atoms with Gasteiger partial charge in [-0.25, -0.2) is 4.98 Å². The van der Waals surface area contributed by atoms with Crippen LogP contribution in [0.1, 0.15) is 44.9 Å². The average molecular weight is 289 g/mol. The van der Waals surface area contributed by atoms with Gasteiger partial charge in [0.25, 0.3) is 0 Å². The van der Waals surface area contributed by atoms with E-state index in [1.165, 1.54) is 58.0 Å². The molecule has 0 amide bonds. The zero-order chi connectivity index (χ0) is 14.5. The van der Waals surface area contributed by atoms with E-state index < -0.39 is 0 Å². The predicted octanol–water partition coefficient (Wildman–Crippen LogP) is 2.52. The average Bonchev–Trinajstić information content (AvgIpc) is 2.49. The van der Waals surface area contributed by atoms with E-state index in [2.05, 4.69) is 20.2 Å². The first-order valence-electron chi connectivity index (χ1n) is 8.37. The SMILES string of the molecule is Nc1ccnc(N[C@H]2CCCN(CC3CCCCC3)C2)n1. The highest BCUT2D eigenvalue weighted by molar-refractivity contribution is 5.35. The van der Waals surface area contributed by atoms with Gasteiger partial charge in [0.2, 0.25) is 5.95 Å². The number of hydrogen-bond donors (Lipinski definition) is 2. The summed E-state index contributed by atoms with van der Waals surface area (Å²) in [4.78, 5) is 11.1. The van der Waals surface area contributed by atoms with Crippen molar-refractivity contribution in [1.29, 1.82) is 0 Å². The second kappa shape index (κ2) is 7.07. The van der Waals surface area contributed by atoms with Crippen molar-refractivity contribution in [2.75, 3.05) is 30.7 Å². The predicted molar refractivity (Wildman–Crippen MR) is 86.1 cm³/mol. The van der Waals surface area contributed by atoms with Gasteiger partial charge in [-0.2, -0.15) is 4.98 Å². The fourth-order valence-electron chi connectivity index (χ4n) is 3.70. The molecule has 1 saturated heterocycles. The summed E-state index contributed by atoms with van der Waals surface area (Å²) in [5.41, 5.74) is 5.71. The summed E-state index contributed by atoms with van der Waals surface area (Å²) in [6.07, 6.45) is 11.3. The standard InChI is InChI=1S/C16H27N5/c17-15-8-9-18-16(20-15)19-14-7-4-10-21(12-14)11-13-5-2-1-3-6-13/h8-9,13-14H,1-7,10-12H2,(H3,17,18,19,20)/t14-/m0/s1. The number of aromatic nitrogens is 2. The van der Waals surface area contributed by atoms with Crippen LogP contribution >= 0.6 is 0 Å². The molecule has 5 nitrogen and oxygen atoms in total. The number of hydrogen-bond acceptors (Lipinski definition) is 5. The van der Waals surface area contributed by atoms with Crippen molar-refractivity contribution in [2.24, 2.45) is 5.92 Å². The van der Waals surface area contributed by atoms with E-state index in [0.29, 0.717) is 17.8 Å². The summed E-state index contributed by atoms with van der Waals surface area (Å²) in [5, 5.41) is 3.45. The topological polar surface area (TPSA) is 67.1 Å². The lowest BCUT2D eigenvalue weighted by molar-refractivity contribution is 0.166. The van der Waals surface area contributed by atoms with Gasteiger partial charge in [-0.1, -0.05) is 19.3 Å². The third kappa shape index (κ3) is 4.30. The summed E-state index contributed by atoms with van der Waals surface area (Å²) in [5.74, 6) is 2.11. The van der Waals surface area contributed by atoms with Gasteiger partial charge in [0.1, 0.15) is 5.82 Å². The van der Waals surface area contributed by atoms with Crippen molar-refractivity contribution >= 4 is 11.8 Å². The largest absolute Gasteiger partial charge is 0.384 e. The molecule has 5 heteroatoms. The molecule has 1 saturated carbocycles. The lowest BCUT2D eigenvalue weighted by atomic mass is 9.88. The van der Waals surface area contributed by atoms with Gasteiger partial charge in [-0.3, -0.25) is 0 Å². The Kier molecular flexibility index (Phi) is 4.91. The summed E-state index contributed by atoms with van der Waals surface area (Å²) < 4.78 is 0. The summed E-state index contributed by atoms with van der Waals surface area (Å²) in [7, 11) is 0. The third-order valence-electron chi connectivity index (χ3n) is 4.76. The van der Waals surface area contributed by atoms with Gasteiger partial charge in [0, 0.05) is 25.3 Å². The molecule has 0 unspecified atom stereocenters. The number of piperidine rings is 1. The molecule has 116 valence electrons. The smallest absolute Gasteiger partial charge is 0.224 e. The second-order valence-corrected chi connectivity index (χ2v) is 6.55. The summed E-state index contributed by atoms with van der Waals surface area (Å²) in [6, 6.07) is 2.17. The van der Waals surface area contributed by atoms with Crippen molar-refractivity contribution in [2.45, 2.75) is 51.0 Å². The Morgan fingerprint density at radius 1 is 1.19 bits per heavy atom. The highest BCUT2D eigenvalue weighted by atomic mass is 15.2. The van der Waals surface area contributed by atoms with Crippen LogP contribution in [0.25, 0.3) is 0 Å². The lowest BCUT2D eigenvalue weighted by Gasteiger charge is -2.36. The molecule has 3 N–H and O–H groups in total. The zero-order valence-electron chi connectivity index (χ0n) is 12.8. The van der Waals surface area contributed by atoms with E-state index >= 15 is 0 Å². The number of rotatable bonds is 4. The molecule has 1 atom stereocenters. The molecule has 1 aromatic rings. The fourth-order valence-corrected chi connectivity index (χ4v) is 3.70. The molecule has 3 rings (SSSR count). The number of nitrogen functional groups attached to an aromatic ring is 1. The summed E-state index contributed by atoms with van der Waals surface area (Å²) in [6.45, 7) is 3.62. The Labute approximate surface area is 127 Å². The number of likely N-dealkylation sites (tertiary alicyclic amines) is 1. The minimum absolute atomic E-state index is 0.448. The van der Waals surface area contributed by atoms with Gasteiger partial charge >= 0.3 is 0 Å². The first kappa shape index (κ1) is 14.6. The van der Waals surface area contributed by atoms with Gasteiger partial charge in [-0.15, -0.1) is 0 Å². The molecule has 0 bridgehead atoms. The minimum Gasteiger partial charge on any atom is -0.384 e. The monoisotopic (exact) mass is 289 g/mol. The van der Waals surface area contributed by atoms with Crippen LogP contribution in [0, 0.1) is 5.92 Å². The van der Waals surface area contributed by atoms with Crippen LogP contribution in [0.15, 0.2) is 12.3 Å². The summed E-state index contributed by atoms with van der Waals surface area (Å²) >= 11 is 0. The van der Waals surface area contributed by atoms with Crippen LogP contribution in [-0.2, 0) is 0 Å². The molecule has 0 radical (unpaired) electrons. The maximum absolute atomic E-state index is 5.71. The molecule has 2 heterocycles.